The van der Waals surface area contributed by atoms with Gasteiger partial charge in [0.05, 0.1) is 12.3 Å². The molecule has 0 radical (unpaired) electrons. The molecule has 108 valence electrons. The summed E-state index contributed by atoms with van der Waals surface area (Å²) >= 11 is 0. The van der Waals surface area contributed by atoms with Gasteiger partial charge in [0.15, 0.2) is 0 Å². The number of rotatable bonds is 5. The first-order valence-electron chi connectivity index (χ1n) is 6.65. The Balaban J connectivity index is 1.97. The summed E-state index contributed by atoms with van der Waals surface area (Å²) in [5.74, 6) is -0.0558. The Morgan fingerprint density at radius 1 is 1.19 bits per heavy atom. The van der Waals surface area contributed by atoms with Gasteiger partial charge in [0, 0.05) is 6.08 Å². The van der Waals surface area contributed by atoms with Gasteiger partial charge in [0.25, 0.3) is 0 Å². The van der Waals surface area contributed by atoms with Crippen molar-refractivity contribution in [1.82, 2.24) is 0 Å². The van der Waals surface area contributed by atoms with E-state index in [1.54, 1.807) is 18.2 Å². The first-order chi connectivity index (χ1) is 10.2. The van der Waals surface area contributed by atoms with Gasteiger partial charge in [-0.2, -0.15) is 0 Å². The van der Waals surface area contributed by atoms with Gasteiger partial charge in [0.1, 0.15) is 11.6 Å². The van der Waals surface area contributed by atoms with Crippen LogP contribution in [0.25, 0.3) is 6.08 Å². The van der Waals surface area contributed by atoms with E-state index in [4.69, 9.17) is 4.74 Å². The number of carbonyl (C=O) groups excluding carboxylic acids is 1. The lowest BCUT2D eigenvalue weighted by Gasteiger charge is -2.03. The van der Waals surface area contributed by atoms with Crippen LogP contribution >= 0.6 is 0 Å². The molecule has 2 aromatic rings. The lowest BCUT2D eigenvalue weighted by atomic mass is 10.2. The molecule has 1 amide bonds. The summed E-state index contributed by atoms with van der Waals surface area (Å²) in [7, 11) is 0. The van der Waals surface area contributed by atoms with Crippen LogP contribution in [-0.2, 0) is 4.79 Å². The number of ether oxygens (including phenoxy) is 1. The van der Waals surface area contributed by atoms with E-state index in [-0.39, 0.29) is 11.6 Å². The topological polar surface area (TPSA) is 38.3 Å². The number of carbonyl (C=O) groups is 1. The molecule has 0 fully saturated rings. The molecule has 0 saturated heterocycles. The normalized spacial score (nSPS) is 10.6. The first kappa shape index (κ1) is 14.8. The fraction of sp³-hybridized carbons (Fsp3) is 0.118. The van der Waals surface area contributed by atoms with Crippen molar-refractivity contribution in [3.05, 3.63) is 66.0 Å². The van der Waals surface area contributed by atoms with E-state index in [9.17, 15) is 9.18 Å². The van der Waals surface area contributed by atoms with E-state index in [0.717, 1.165) is 11.3 Å². The number of hydrogen-bond acceptors (Lipinski definition) is 2. The Hall–Kier alpha value is -2.62. The second-order valence-electron chi connectivity index (χ2n) is 4.30. The van der Waals surface area contributed by atoms with Crippen LogP contribution in [0.3, 0.4) is 0 Å². The van der Waals surface area contributed by atoms with Crippen molar-refractivity contribution < 1.29 is 13.9 Å². The molecule has 2 rings (SSSR count). The quantitative estimate of drug-likeness (QED) is 0.847. The van der Waals surface area contributed by atoms with Crippen LogP contribution in [0.2, 0.25) is 0 Å². The average molecular weight is 285 g/mol. The van der Waals surface area contributed by atoms with Gasteiger partial charge in [-0.05, 0) is 42.8 Å². The molecule has 2 aromatic carbocycles. The highest BCUT2D eigenvalue weighted by Crippen LogP contribution is 2.14. The Morgan fingerprint density at radius 3 is 2.57 bits per heavy atom. The second kappa shape index (κ2) is 7.24. The average Bonchev–Trinajstić information content (AvgIpc) is 2.49. The first-order valence-corrected chi connectivity index (χ1v) is 6.65. The Morgan fingerprint density at radius 2 is 1.90 bits per heavy atom. The molecule has 0 saturated carbocycles. The third-order valence-corrected chi connectivity index (χ3v) is 2.75. The monoisotopic (exact) mass is 285 g/mol. The van der Waals surface area contributed by atoms with Crippen molar-refractivity contribution in [3.8, 4) is 5.75 Å². The smallest absolute Gasteiger partial charge is 0.248 e. The lowest BCUT2D eigenvalue weighted by molar-refractivity contribution is -0.111. The zero-order valence-corrected chi connectivity index (χ0v) is 11.7. The summed E-state index contributed by atoms with van der Waals surface area (Å²) in [5, 5.41) is 2.49. The van der Waals surface area contributed by atoms with Gasteiger partial charge in [0.2, 0.25) is 5.91 Å². The Labute approximate surface area is 123 Å². The molecular formula is C17H16FNO2. The molecule has 1 N–H and O–H groups in total. The molecule has 21 heavy (non-hydrogen) atoms. The van der Waals surface area contributed by atoms with Gasteiger partial charge in [-0.3, -0.25) is 4.79 Å². The SMILES string of the molecule is CCOc1ccc(/C=C/C(=O)Nc2ccccc2F)cc1. The molecular weight excluding hydrogens is 269 g/mol. The number of anilines is 1. The molecule has 0 aliphatic rings. The predicted octanol–water partition coefficient (Wildman–Crippen LogP) is 3.88. The molecule has 0 aromatic heterocycles. The molecule has 4 heteroatoms. The number of halogens is 1. The van der Waals surface area contributed by atoms with Gasteiger partial charge >= 0.3 is 0 Å². The standard InChI is InChI=1S/C17H16FNO2/c1-2-21-14-10-7-13(8-11-14)9-12-17(20)19-16-6-4-3-5-15(16)18/h3-12H,2H2,1H3,(H,19,20)/b12-9+. The van der Waals surface area contributed by atoms with Gasteiger partial charge in [-0.1, -0.05) is 24.3 Å². The highest BCUT2D eigenvalue weighted by atomic mass is 19.1. The van der Waals surface area contributed by atoms with Crippen molar-refractivity contribution in [1.29, 1.82) is 0 Å². The van der Waals surface area contributed by atoms with Crippen molar-refractivity contribution in [2.24, 2.45) is 0 Å². The fourth-order valence-electron chi connectivity index (χ4n) is 1.75. The summed E-state index contributed by atoms with van der Waals surface area (Å²) < 4.78 is 18.7. The summed E-state index contributed by atoms with van der Waals surface area (Å²) in [4.78, 5) is 11.7. The maximum absolute atomic E-state index is 13.4. The zero-order valence-electron chi connectivity index (χ0n) is 11.7. The summed E-state index contributed by atoms with van der Waals surface area (Å²) in [6.07, 6.45) is 3.02. The van der Waals surface area contributed by atoms with Crippen molar-refractivity contribution >= 4 is 17.7 Å². The third-order valence-electron chi connectivity index (χ3n) is 2.75. The van der Waals surface area contributed by atoms with E-state index >= 15 is 0 Å². The zero-order chi connectivity index (χ0) is 15.1. The van der Waals surface area contributed by atoms with E-state index in [2.05, 4.69) is 5.32 Å². The van der Waals surface area contributed by atoms with Crippen LogP contribution in [0.4, 0.5) is 10.1 Å². The molecule has 0 unspecified atom stereocenters. The molecule has 0 spiro atoms. The van der Waals surface area contributed by atoms with E-state index in [0.29, 0.717) is 6.61 Å². The predicted molar refractivity (Wildman–Crippen MR) is 81.7 cm³/mol. The van der Waals surface area contributed by atoms with E-state index < -0.39 is 5.82 Å². The summed E-state index contributed by atoms with van der Waals surface area (Å²) in [5.41, 5.74) is 1.03. The number of nitrogens with one attached hydrogen (secondary N) is 1. The number of hydrogen-bond donors (Lipinski definition) is 1. The Kier molecular flexibility index (Phi) is 5.10. The highest BCUT2D eigenvalue weighted by Gasteiger charge is 2.02. The van der Waals surface area contributed by atoms with Gasteiger partial charge in [-0.15, -0.1) is 0 Å². The number of para-hydroxylation sites is 1. The molecule has 0 atom stereocenters. The number of amides is 1. The van der Waals surface area contributed by atoms with Gasteiger partial charge < -0.3 is 10.1 Å². The lowest BCUT2D eigenvalue weighted by Crippen LogP contribution is -2.08. The molecule has 0 aliphatic heterocycles. The van der Waals surface area contributed by atoms with E-state index in [1.165, 1.54) is 18.2 Å². The van der Waals surface area contributed by atoms with Crippen molar-refractivity contribution in [3.63, 3.8) is 0 Å². The van der Waals surface area contributed by atoms with Crippen molar-refractivity contribution in [2.75, 3.05) is 11.9 Å². The van der Waals surface area contributed by atoms with Gasteiger partial charge in [-0.25, -0.2) is 4.39 Å². The minimum absolute atomic E-state index is 0.166. The minimum Gasteiger partial charge on any atom is -0.494 e. The van der Waals surface area contributed by atoms with Crippen LogP contribution in [0.15, 0.2) is 54.6 Å². The third kappa shape index (κ3) is 4.45. The van der Waals surface area contributed by atoms with Crippen molar-refractivity contribution in [2.45, 2.75) is 6.92 Å². The largest absolute Gasteiger partial charge is 0.494 e. The maximum atomic E-state index is 13.4. The van der Waals surface area contributed by atoms with Crippen LogP contribution in [-0.4, -0.2) is 12.5 Å². The molecule has 0 aliphatic carbocycles. The van der Waals surface area contributed by atoms with Crippen LogP contribution in [0.1, 0.15) is 12.5 Å². The van der Waals surface area contributed by atoms with E-state index in [1.807, 2.05) is 31.2 Å². The molecule has 0 bridgehead atoms. The van der Waals surface area contributed by atoms with Crippen LogP contribution < -0.4 is 10.1 Å². The molecule has 3 nitrogen and oxygen atoms in total. The fourth-order valence-corrected chi connectivity index (χ4v) is 1.75. The minimum atomic E-state index is -0.458. The molecule has 0 heterocycles. The summed E-state index contributed by atoms with van der Waals surface area (Å²) in [6, 6.07) is 13.4. The van der Waals surface area contributed by atoms with Crippen LogP contribution in [0, 0.1) is 5.82 Å². The highest BCUT2D eigenvalue weighted by molar-refractivity contribution is 6.01. The summed E-state index contributed by atoms with van der Waals surface area (Å²) in [6.45, 7) is 2.53. The van der Waals surface area contributed by atoms with Crippen LogP contribution in [0.5, 0.6) is 5.75 Å². The maximum Gasteiger partial charge on any atom is 0.248 e. The Bertz CT molecular complexity index is 635. The number of benzene rings is 2. The second-order valence-corrected chi connectivity index (χ2v) is 4.30.